The first kappa shape index (κ1) is 8.30. The van der Waals surface area contributed by atoms with Crippen LogP contribution < -0.4 is 0 Å². The summed E-state index contributed by atoms with van der Waals surface area (Å²) in [6.45, 7) is 7.54. The molecule has 0 heterocycles. The second kappa shape index (κ2) is 3.07. The maximum atomic E-state index is 8.67. The zero-order valence-corrected chi connectivity index (χ0v) is 6.72. The van der Waals surface area contributed by atoms with Gasteiger partial charge in [-0.15, -0.1) is 0 Å². The van der Waals surface area contributed by atoms with Crippen molar-refractivity contribution in [3.05, 3.63) is 35.5 Å². The Morgan fingerprint density at radius 1 is 0.917 bits per heavy atom. The highest BCUT2D eigenvalue weighted by molar-refractivity contribution is 5.50. The Labute approximate surface area is 71.7 Å². The van der Waals surface area contributed by atoms with Crippen molar-refractivity contribution in [2.24, 2.45) is 0 Å². The molecule has 2 nitrogen and oxygen atoms in total. The Kier molecular flexibility index (Phi) is 2.12. The molecule has 58 valence electrons. The third-order valence-corrected chi connectivity index (χ3v) is 1.91. The van der Waals surface area contributed by atoms with E-state index < -0.39 is 0 Å². The van der Waals surface area contributed by atoms with Crippen molar-refractivity contribution in [2.45, 2.75) is 12.8 Å². The molecule has 0 aromatic carbocycles. The highest BCUT2D eigenvalue weighted by Crippen LogP contribution is 2.30. The van der Waals surface area contributed by atoms with Gasteiger partial charge in [-0.25, -0.2) is 0 Å². The van der Waals surface area contributed by atoms with Gasteiger partial charge in [0.2, 0.25) is 0 Å². The molecule has 0 bridgehead atoms. The minimum absolute atomic E-state index is 0.484. The third kappa shape index (κ3) is 1.28. The summed E-state index contributed by atoms with van der Waals surface area (Å²) in [5.74, 6) is 0. The maximum absolute atomic E-state index is 8.67. The van der Waals surface area contributed by atoms with E-state index in [9.17, 15) is 0 Å². The van der Waals surface area contributed by atoms with Crippen LogP contribution >= 0.6 is 0 Å². The topological polar surface area (TPSA) is 47.6 Å². The van der Waals surface area contributed by atoms with Crippen molar-refractivity contribution in [1.82, 2.24) is 0 Å². The van der Waals surface area contributed by atoms with Crippen molar-refractivity contribution >= 4 is 0 Å². The molecule has 0 saturated heterocycles. The van der Waals surface area contributed by atoms with Crippen LogP contribution in [0.2, 0.25) is 0 Å². The minimum Gasteiger partial charge on any atom is -0.193 e. The van der Waals surface area contributed by atoms with Crippen LogP contribution in [-0.4, -0.2) is 0 Å². The summed E-state index contributed by atoms with van der Waals surface area (Å²) in [6, 6.07) is 4.02. The predicted molar refractivity (Wildman–Crippen MR) is 45.8 cm³/mol. The number of hydrogen-bond donors (Lipinski definition) is 0. The zero-order chi connectivity index (χ0) is 9.14. The molecule has 2 heteroatoms. The molecule has 1 rings (SSSR count). The summed E-state index contributed by atoms with van der Waals surface area (Å²) in [5, 5.41) is 17.3. The first-order chi connectivity index (χ1) is 5.69. The van der Waals surface area contributed by atoms with Crippen LogP contribution in [0.4, 0.5) is 0 Å². The fourth-order valence-electron chi connectivity index (χ4n) is 1.10. The SMILES string of the molecule is C=C1CC(C#N)=C(C#N)CC1=C. The summed E-state index contributed by atoms with van der Waals surface area (Å²) in [6.07, 6.45) is 0.969. The van der Waals surface area contributed by atoms with E-state index in [1.807, 2.05) is 12.1 Å². The van der Waals surface area contributed by atoms with Crippen LogP contribution in [0.1, 0.15) is 12.8 Å². The number of nitriles is 2. The lowest BCUT2D eigenvalue weighted by Gasteiger charge is -2.15. The minimum atomic E-state index is 0.484. The fourth-order valence-corrected chi connectivity index (χ4v) is 1.10. The van der Waals surface area contributed by atoms with E-state index in [1.165, 1.54) is 0 Å². The van der Waals surface area contributed by atoms with Gasteiger partial charge in [0.1, 0.15) is 0 Å². The number of nitrogens with zero attached hydrogens (tertiary/aromatic N) is 2. The summed E-state index contributed by atoms with van der Waals surface area (Å²) in [7, 11) is 0. The summed E-state index contributed by atoms with van der Waals surface area (Å²) >= 11 is 0. The molecule has 0 aromatic heterocycles. The largest absolute Gasteiger partial charge is 0.193 e. The van der Waals surface area contributed by atoms with Crippen molar-refractivity contribution in [3.8, 4) is 12.1 Å². The lowest BCUT2D eigenvalue weighted by atomic mass is 9.87. The van der Waals surface area contributed by atoms with E-state index in [-0.39, 0.29) is 0 Å². The second-order valence-electron chi connectivity index (χ2n) is 2.74. The molecule has 0 aromatic rings. The molecule has 0 radical (unpaired) electrons. The smallest absolute Gasteiger partial charge is 0.0961 e. The molecule has 1 aliphatic carbocycles. The normalized spacial score (nSPS) is 17.2. The second-order valence-corrected chi connectivity index (χ2v) is 2.74. The highest BCUT2D eigenvalue weighted by atomic mass is 14.3. The monoisotopic (exact) mass is 156 g/mol. The fraction of sp³-hybridized carbons (Fsp3) is 0.200. The van der Waals surface area contributed by atoms with Crippen LogP contribution in [0.15, 0.2) is 35.5 Å². The Balaban J connectivity index is 3.10. The number of allylic oxidation sites excluding steroid dienone is 4. The van der Waals surface area contributed by atoms with Crippen LogP contribution in [-0.2, 0) is 0 Å². The standard InChI is InChI=1S/C10H8N2/c1-7-3-9(5-11)10(6-12)4-8(7)2/h1-4H2. The molecule has 0 N–H and O–H groups in total. The molecule has 0 saturated carbocycles. The lowest BCUT2D eigenvalue weighted by Crippen LogP contribution is -2.01. The molecule has 12 heavy (non-hydrogen) atoms. The Morgan fingerprint density at radius 2 is 1.25 bits per heavy atom. The van der Waals surface area contributed by atoms with Crippen molar-refractivity contribution in [2.75, 3.05) is 0 Å². The number of rotatable bonds is 0. The zero-order valence-electron chi connectivity index (χ0n) is 6.72. The van der Waals surface area contributed by atoms with Crippen LogP contribution in [0, 0.1) is 22.7 Å². The van der Waals surface area contributed by atoms with E-state index in [0.717, 1.165) is 11.1 Å². The molecule has 0 fully saturated rings. The van der Waals surface area contributed by atoms with E-state index in [2.05, 4.69) is 13.2 Å². The molecule has 0 atom stereocenters. The van der Waals surface area contributed by atoms with Gasteiger partial charge in [-0.3, -0.25) is 0 Å². The average Bonchev–Trinajstić information content (AvgIpc) is 2.09. The van der Waals surface area contributed by atoms with Gasteiger partial charge in [-0.05, 0) is 11.1 Å². The van der Waals surface area contributed by atoms with Gasteiger partial charge < -0.3 is 0 Å². The molecule has 0 aliphatic heterocycles. The summed E-state index contributed by atoms with van der Waals surface area (Å²) in [5.41, 5.74) is 2.81. The van der Waals surface area contributed by atoms with Crippen molar-refractivity contribution < 1.29 is 0 Å². The molecular formula is C10H8N2. The van der Waals surface area contributed by atoms with Gasteiger partial charge in [0.15, 0.2) is 0 Å². The molecule has 1 aliphatic rings. The quantitative estimate of drug-likeness (QED) is 0.540. The Hall–Kier alpha value is -1.80. The Bertz CT molecular complexity index is 322. The van der Waals surface area contributed by atoms with Crippen LogP contribution in [0.5, 0.6) is 0 Å². The molecule has 0 unspecified atom stereocenters. The van der Waals surface area contributed by atoms with Gasteiger partial charge in [-0.2, -0.15) is 10.5 Å². The summed E-state index contributed by atoms with van der Waals surface area (Å²) < 4.78 is 0. The average molecular weight is 156 g/mol. The lowest BCUT2D eigenvalue weighted by molar-refractivity contribution is 1.01. The van der Waals surface area contributed by atoms with Gasteiger partial charge in [0.25, 0.3) is 0 Å². The third-order valence-electron chi connectivity index (χ3n) is 1.91. The Morgan fingerprint density at radius 3 is 1.50 bits per heavy atom. The van der Waals surface area contributed by atoms with Crippen LogP contribution in [0.25, 0.3) is 0 Å². The van der Waals surface area contributed by atoms with E-state index in [4.69, 9.17) is 10.5 Å². The molecule has 0 amide bonds. The predicted octanol–water partition coefficient (Wildman–Crippen LogP) is 2.24. The van der Waals surface area contributed by atoms with Crippen molar-refractivity contribution in [1.29, 1.82) is 10.5 Å². The van der Waals surface area contributed by atoms with Gasteiger partial charge in [0.05, 0.1) is 12.1 Å². The molecular weight excluding hydrogens is 148 g/mol. The van der Waals surface area contributed by atoms with E-state index in [0.29, 0.717) is 24.0 Å². The molecule has 0 spiro atoms. The van der Waals surface area contributed by atoms with Gasteiger partial charge in [-0.1, -0.05) is 13.2 Å². The first-order valence-corrected chi connectivity index (χ1v) is 3.57. The van der Waals surface area contributed by atoms with E-state index >= 15 is 0 Å². The summed E-state index contributed by atoms with van der Waals surface area (Å²) in [4.78, 5) is 0. The number of hydrogen-bond acceptors (Lipinski definition) is 2. The first-order valence-electron chi connectivity index (χ1n) is 3.57. The van der Waals surface area contributed by atoms with Crippen LogP contribution in [0.3, 0.4) is 0 Å². The van der Waals surface area contributed by atoms with Gasteiger partial charge >= 0.3 is 0 Å². The van der Waals surface area contributed by atoms with Gasteiger partial charge in [0, 0.05) is 24.0 Å². The van der Waals surface area contributed by atoms with E-state index in [1.54, 1.807) is 0 Å². The van der Waals surface area contributed by atoms with Crippen molar-refractivity contribution in [3.63, 3.8) is 0 Å². The maximum Gasteiger partial charge on any atom is 0.0961 e. The highest BCUT2D eigenvalue weighted by Gasteiger charge is 2.16.